The van der Waals surface area contributed by atoms with Gasteiger partial charge in [0.05, 0.1) is 11.3 Å². The Bertz CT molecular complexity index is 1410. The molecular weight excluding hydrogens is 454 g/mol. The first-order valence-electron chi connectivity index (χ1n) is 10.5. The first-order chi connectivity index (χ1) is 16.4. The zero-order chi connectivity index (χ0) is 24.2. The van der Waals surface area contributed by atoms with E-state index < -0.39 is 11.9 Å². The van der Waals surface area contributed by atoms with Gasteiger partial charge in [-0.2, -0.15) is 0 Å². The van der Waals surface area contributed by atoms with E-state index in [2.05, 4.69) is 10.2 Å². The van der Waals surface area contributed by atoms with Crippen molar-refractivity contribution in [1.29, 1.82) is 0 Å². The van der Waals surface area contributed by atoms with Crippen molar-refractivity contribution in [2.45, 2.75) is 32.3 Å². The van der Waals surface area contributed by atoms with Crippen LogP contribution in [0, 0.1) is 0 Å². The van der Waals surface area contributed by atoms with Crippen LogP contribution in [0.25, 0.3) is 27.8 Å². The Morgan fingerprint density at radius 1 is 0.912 bits per heavy atom. The lowest BCUT2D eigenvalue weighted by atomic mass is 10.1. The predicted octanol–water partition coefficient (Wildman–Crippen LogP) is 4.97. The van der Waals surface area contributed by atoms with Crippen LogP contribution >= 0.6 is 11.8 Å². The normalized spacial score (nSPS) is 10.8. The molecule has 0 fully saturated rings. The lowest BCUT2D eigenvalue weighted by Gasteiger charge is -2.15. The number of fused-ring (bicyclic) bond motifs is 1. The summed E-state index contributed by atoms with van der Waals surface area (Å²) in [5, 5.41) is 10.9. The zero-order valence-electron chi connectivity index (χ0n) is 18.8. The highest BCUT2D eigenvalue weighted by molar-refractivity contribution is 8.13. The third-order valence-corrected chi connectivity index (χ3v) is 5.81. The molecule has 0 aliphatic rings. The summed E-state index contributed by atoms with van der Waals surface area (Å²) >= 11 is 0.994. The second-order valence-corrected chi connectivity index (χ2v) is 8.34. The Labute approximate surface area is 199 Å². The largest absolute Gasteiger partial charge is 0.427 e. The van der Waals surface area contributed by atoms with Crippen molar-refractivity contribution in [2.75, 3.05) is 0 Å². The number of aromatic nitrogens is 3. The van der Waals surface area contributed by atoms with E-state index in [4.69, 9.17) is 9.47 Å². The molecule has 172 valence electrons. The van der Waals surface area contributed by atoms with Gasteiger partial charge in [-0.15, -0.1) is 10.2 Å². The van der Waals surface area contributed by atoms with Gasteiger partial charge in [-0.1, -0.05) is 43.3 Å². The molecule has 1 aromatic heterocycles. The summed E-state index contributed by atoms with van der Waals surface area (Å²) in [7, 11) is 0. The maximum absolute atomic E-state index is 12.3. The molecule has 0 saturated heterocycles. The number of hydrogen-bond acceptors (Lipinski definition) is 8. The third-order valence-electron chi connectivity index (χ3n) is 4.84. The molecule has 4 aromatic rings. The van der Waals surface area contributed by atoms with E-state index in [-0.39, 0.29) is 16.6 Å². The highest BCUT2D eigenvalue weighted by Crippen LogP contribution is 2.37. The van der Waals surface area contributed by atoms with Crippen molar-refractivity contribution < 1.29 is 23.9 Å². The average Bonchev–Trinajstić information content (AvgIpc) is 3.20. The number of thioether (sulfide) groups is 1. The maximum atomic E-state index is 12.3. The molecule has 4 rings (SSSR count). The van der Waals surface area contributed by atoms with E-state index in [0.717, 1.165) is 28.2 Å². The quantitative estimate of drug-likeness (QED) is 0.219. The van der Waals surface area contributed by atoms with Gasteiger partial charge < -0.3 is 9.47 Å². The summed E-state index contributed by atoms with van der Waals surface area (Å²) < 4.78 is 12.3. The van der Waals surface area contributed by atoms with Gasteiger partial charge in [0.15, 0.2) is 10.9 Å². The average molecular weight is 476 g/mol. The smallest absolute Gasteiger partial charge is 0.308 e. The number of ether oxygens (including phenoxy) is 2. The van der Waals surface area contributed by atoms with Gasteiger partial charge in [-0.3, -0.25) is 19.0 Å². The second-order valence-electron chi connectivity index (χ2n) is 7.31. The van der Waals surface area contributed by atoms with Crippen LogP contribution in [-0.4, -0.2) is 31.8 Å². The van der Waals surface area contributed by atoms with Crippen molar-refractivity contribution in [3.05, 3.63) is 60.7 Å². The molecule has 0 aliphatic carbocycles. The monoisotopic (exact) mass is 475 g/mol. The fraction of sp³-hybridized carbons (Fsp3) is 0.160. The summed E-state index contributed by atoms with van der Waals surface area (Å²) in [6.07, 6.45) is 0.332. The van der Waals surface area contributed by atoms with E-state index in [0.29, 0.717) is 23.0 Å². The van der Waals surface area contributed by atoms with Gasteiger partial charge in [0.2, 0.25) is 5.16 Å². The standard InChI is InChI=1S/C25H21N3O5S/c1-4-23(31)34-25-27-26-24(28(25)21-11-7-9-17-8-5-6-10-19(17)21)20-13-12-18(32-15(2)29)14-22(20)33-16(3)30/h5-14H,4H2,1-3H3. The Morgan fingerprint density at radius 3 is 2.38 bits per heavy atom. The number of esters is 2. The van der Waals surface area contributed by atoms with Gasteiger partial charge in [0, 0.05) is 31.7 Å². The van der Waals surface area contributed by atoms with Crippen LogP contribution in [0.3, 0.4) is 0 Å². The van der Waals surface area contributed by atoms with E-state index in [1.54, 1.807) is 23.6 Å². The van der Waals surface area contributed by atoms with Crippen LogP contribution in [0.5, 0.6) is 11.5 Å². The van der Waals surface area contributed by atoms with Gasteiger partial charge in [-0.25, -0.2) is 0 Å². The van der Waals surface area contributed by atoms with Gasteiger partial charge in [0.1, 0.15) is 11.5 Å². The zero-order valence-corrected chi connectivity index (χ0v) is 19.6. The molecule has 3 aromatic carbocycles. The molecule has 0 saturated carbocycles. The van der Waals surface area contributed by atoms with Crippen LogP contribution < -0.4 is 9.47 Å². The number of carbonyl (C=O) groups excluding carboxylic acids is 3. The summed E-state index contributed by atoms with van der Waals surface area (Å²) in [5.41, 5.74) is 1.21. The molecule has 9 heteroatoms. The summed E-state index contributed by atoms with van der Waals surface area (Å²) in [4.78, 5) is 35.5. The fourth-order valence-electron chi connectivity index (χ4n) is 3.46. The van der Waals surface area contributed by atoms with Gasteiger partial charge in [-0.05, 0) is 35.3 Å². The number of nitrogens with zero attached hydrogens (tertiary/aromatic N) is 3. The van der Waals surface area contributed by atoms with E-state index in [1.165, 1.54) is 19.9 Å². The minimum atomic E-state index is -0.548. The maximum Gasteiger partial charge on any atom is 0.308 e. The molecule has 0 radical (unpaired) electrons. The SMILES string of the molecule is CCC(=O)Sc1nnc(-c2ccc(OC(C)=O)cc2OC(C)=O)n1-c1cccc2ccccc12. The molecule has 8 nitrogen and oxygen atoms in total. The number of rotatable bonds is 6. The molecule has 0 atom stereocenters. The van der Waals surface area contributed by atoms with Crippen LogP contribution in [0.1, 0.15) is 27.2 Å². The van der Waals surface area contributed by atoms with Crippen molar-refractivity contribution in [2.24, 2.45) is 0 Å². The highest BCUT2D eigenvalue weighted by Gasteiger charge is 2.23. The van der Waals surface area contributed by atoms with Crippen LogP contribution in [-0.2, 0) is 14.4 Å². The number of carbonyl (C=O) groups is 3. The molecule has 34 heavy (non-hydrogen) atoms. The minimum Gasteiger partial charge on any atom is -0.427 e. The van der Waals surface area contributed by atoms with Crippen molar-refractivity contribution >= 4 is 39.6 Å². The lowest BCUT2D eigenvalue weighted by Crippen LogP contribution is -2.07. The molecular formula is C25H21N3O5S. The second kappa shape index (κ2) is 9.88. The van der Waals surface area contributed by atoms with E-state index >= 15 is 0 Å². The van der Waals surface area contributed by atoms with Crippen molar-refractivity contribution in [3.8, 4) is 28.6 Å². The summed E-state index contributed by atoms with van der Waals surface area (Å²) in [6, 6.07) is 18.3. The molecule has 1 heterocycles. The van der Waals surface area contributed by atoms with Crippen LogP contribution in [0.15, 0.2) is 65.8 Å². The minimum absolute atomic E-state index is 0.0640. The molecule has 0 aliphatic heterocycles. The molecule has 0 amide bonds. The number of hydrogen-bond donors (Lipinski definition) is 0. The Balaban J connectivity index is 1.97. The molecule has 0 N–H and O–H groups in total. The topological polar surface area (TPSA) is 100 Å². The Hall–Kier alpha value is -3.98. The van der Waals surface area contributed by atoms with Crippen molar-refractivity contribution in [1.82, 2.24) is 14.8 Å². The van der Waals surface area contributed by atoms with Crippen LogP contribution in [0.4, 0.5) is 0 Å². The first kappa shape index (κ1) is 23.2. The molecule has 0 spiro atoms. The van der Waals surface area contributed by atoms with Crippen molar-refractivity contribution in [3.63, 3.8) is 0 Å². The fourth-order valence-corrected chi connectivity index (χ4v) is 4.17. The Kier molecular flexibility index (Phi) is 6.74. The van der Waals surface area contributed by atoms with E-state index in [9.17, 15) is 14.4 Å². The van der Waals surface area contributed by atoms with E-state index in [1.807, 2.05) is 42.5 Å². The molecule has 0 bridgehead atoms. The highest BCUT2D eigenvalue weighted by atomic mass is 32.2. The lowest BCUT2D eigenvalue weighted by molar-refractivity contribution is -0.132. The molecule has 0 unspecified atom stereocenters. The third kappa shape index (κ3) is 4.84. The summed E-state index contributed by atoms with van der Waals surface area (Å²) in [6.45, 7) is 4.34. The first-order valence-corrected chi connectivity index (χ1v) is 11.3. The Morgan fingerprint density at radius 2 is 1.65 bits per heavy atom. The van der Waals surface area contributed by atoms with Crippen LogP contribution in [0.2, 0.25) is 0 Å². The predicted molar refractivity (Wildman–Crippen MR) is 128 cm³/mol. The summed E-state index contributed by atoms with van der Waals surface area (Å²) in [5.74, 6) is -0.309. The number of benzene rings is 3. The van der Waals surface area contributed by atoms with Gasteiger partial charge in [0.25, 0.3) is 0 Å². The van der Waals surface area contributed by atoms with Gasteiger partial charge >= 0.3 is 11.9 Å².